The molecule has 0 radical (unpaired) electrons. The zero-order valence-electron chi connectivity index (χ0n) is 22.2. The summed E-state index contributed by atoms with van der Waals surface area (Å²) >= 11 is 13.7. The van der Waals surface area contributed by atoms with Gasteiger partial charge in [-0.25, -0.2) is 15.0 Å². The number of aromatic nitrogens is 5. The van der Waals surface area contributed by atoms with Crippen molar-refractivity contribution in [2.75, 3.05) is 0 Å². The highest BCUT2D eigenvalue weighted by atomic mass is 127. The van der Waals surface area contributed by atoms with E-state index in [2.05, 4.69) is 167 Å². The van der Waals surface area contributed by atoms with E-state index < -0.39 is 0 Å². The molecule has 7 aromatic rings. The zero-order chi connectivity index (χ0) is 29.9. The van der Waals surface area contributed by atoms with E-state index in [9.17, 15) is 0 Å². The lowest BCUT2D eigenvalue weighted by atomic mass is 10.1. The van der Waals surface area contributed by atoms with E-state index in [1.807, 2.05) is 67.0 Å². The van der Waals surface area contributed by atoms with Gasteiger partial charge in [0.1, 0.15) is 22.6 Å². The molecule has 0 amide bonds. The Bertz CT molecular complexity index is 2080. The molecular formula is C33H20Br2I3N5. The van der Waals surface area contributed by atoms with E-state index in [0.717, 1.165) is 48.8 Å². The second-order valence-corrected chi connectivity index (χ2v) is 14.6. The van der Waals surface area contributed by atoms with Crippen molar-refractivity contribution < 1.29 is 0 Å². The fraction of sp³-hybridized carbons (Fsp3) is 0.0303. The van der Waals surface area contributed by atoms with Crippen LogP contribution in [0.25, 0.3) is 38.9 Å². The molecule has 1 aliphatic rings. The first-order valence-corrected chi connectivity index (χ1v) is 17.9. The normalized spacial score (nSPS) is 11.3. The van der Waals surface area contributed by atoms with Crippen molar-refractivity contribution in [1.29, 1.82) is 0 Å². The van der Waals surface area contributed by atoms with Gasteiger partial charge in [-0.3, -0.25) is 9.55 Å². The maximum atomic E-state index is 4.64. The average molecular weight is 1030 g/mol. The Kier molecular flexibility index (Phi) is 10.1. The zero-order valence-corrected chi connectivity index (χ0v) is 31.9. The Morgan fingerprint density at radius 1 is 0.605 bits per heavy atom. The summed E-state index contributed by atoms with van der Waals surface area (Å²) in [5, 5.41) is 2.31. The summed E-state index contributed by atoms with van der Waals surface area (Å²) in [6, 6.07) is 32.9. The molecule has 0 atom stereocenters. The first kappa shape index (κ1) is 31.0. The molecule has 5 nitrogen and oxygen atoms in total. The van der Waals surface area contributed by atoms with E-state index in [-0.39, 0.29) is 0 Å². The number of pyridine rings is 4. The summed E-state index contributed by atoms with van der Waals surface area (Å²) in [5.41, 5.74) is 7.22. The smallest absolute Gasteiger partial charge is 0.146 e. The SMILES string of the molecule is Brc1ccc2c(c1)-c1cccnc1C2.Brc1ccc2c(c1)c1cccnc1n2-c1cccc(I)n1.Ic1cccc(I)n1. The Labute approximate surface area is 306 Å². The van der Waals surface area contributed by atoms with Gasteiger partial charge in [0.25, 0.3) is 0 Å². The van der Waals surface area contributed by atoms with Crippen molar-refractivity contribution in [3.63, 3.8) is 0 Å². The number of hydrogen-bond acceptors (Lipinski definition) is 4. The lowest BCUT2D eigenvalue weighted by Crippen LogP contribution is -1.99. The number of rotatable bonds is 1. The molecule has 43 heavy (non-hydrogen) atoms. The molecule has 0 saturated heterocycles. The molecule has 0 bridgehead atoms. The van der Waals surface area contributed by atoms with Gasteiger partial charge >= 0.3 is 0 Å². The number of nitrogens with zero attached hydrogens (tertiary/aromatic N) is 5. The van der Waals surface area contributed by atoms with Gasteiger partial charge in [0, 0.05) is 44.1 Å². The molecule has 10 heteroatoms. The molecule has 0 N–H and O–H groups in total. The molecule has 5 aromatic heterocycles. The standard InChI is InChI=1S/C16H9BrIN3.C12H8BrN.C5H3I2N/c17-10-6-7-13-12(9-10)11-3-2-8-19-16(11)21(13)15-5-1-4-14(18)20-15;13-9-4-3-8-6-12-10(11(8)7-9)2-1-5-14-12;6-4-2-1-3-5(7)8-4/h1-9H;1-5,7H,6H2;1-3H. The van der Waals surface area contributed by atoms with E-state index in [4.69, 9.17) is 0 Å². The third kappa shape index (κ3) is 7.13. The molecular weight excluding hydrogens is 1010 g/mol. The highest BCUT2D eigenvalue weighted by Crippen LogP contribution is 2.36. The third-order valence-electron chi connectivity index (χ3n) is 6.71. The van der Waals surface area contributed by atoms with Crippen LogP contribution in [-0.2, 0) is 6.42 Å². The average Bonchev–Trinajstić information content (AvgIpc) is 3.53. The molecule has 0 saturated carbocycles. The Morgan fingerprint density at radius 3 is 2.02 bits per heavy atom. The van der Waals surface area contributed by atoms with Crippen LogP contribution in [0.2, 0.25) is 0 Å². The summed E-state index contributed by atoms with van der Waals surface area (Å²) in [5.74, 6) is 0.892. The van der Waals surface area contributed by atoms with Gasteiger partial charge in [-0.05, 0) is 152 Å². The van der Waals surface area contributed by atoms with Crippen LogP contribution in [0, 0.1) is 11.1 Å². The van der Waals surface area contributed by atoms with Crippen LogP contribution in [0.4, 0.5) is 0 Å². The molecule has 0 fully saturated rings. The van der Waals surface area contributed by atoms with Crippen molar-refractivity contribution in [2.45, 2.75) is 6.42 Å². The lowest BCUT2D eigenvalue weighted by molar-refractivity contribution is 1.04. The molecule has 0 aliphatic heterocycles. The predicted octanol–water partition coefficient (Wildman–Crippen LogP) is 10.6. The monoisotopic (exact) mass is 1020 g/mol. The number of fused-ring (bicyclic) bond motifs is 6. The third-order valence-corrected chi connectivity index (χ3v) is 9.50. The number of benzene rings is 2. The topological polar surface area (TPSA) is 56.5 Å². The molecule has 1 aliphatic carbocycles. The summed E-state index contributed by atoms with van der Waals surface area (Å²) in [6.45, 7) is 0. The van der Waals surface area contributed by atoms with E-state index in [1.165, 1.54) is 27.8 Å². The van der Waals surface area contributed by atoms with Gasteiger partial charge in [-0.1, -0.05) is 56.1 Å². The van der Waals surface area contributed by atoms with E-state index >= 15 is 0 Å². The van der Waals surface area contributed by atoms with Gasteiger partial charge in [-0.15, -0.1) is 0 Å². The fourth-order valence-corrected chi connectivity index (χ4v) is 7.49. The van der Waals surface area contributed by atoms with Crippen LogP contribution in [0.1, 0.15) is 11.3 Å². The second-order valence-electron chi connectivity index (χ2n) is 9.45. The Hall–Kier alpha value is -2.01. The first-order chi connectivity index (χ1) is 20.9. The van der Waals surface area contributed by atoms with Crippen LogP contribution >= 0.6 is 99.6 Å². The highest BCUT2D eigenvalue weighted by molar-refractivity contribution is 14.1. The summed E-state index contributed by atoms with van der Waals surface area (Å²) in [6.07, 6.45) is 4.65. The molecule has 5 heterocycles. The summed E-state index contributed by atoms with van der Waals surface area (Å²) in [7, 11) is 0. The number of hydrogen-bond donors (Lipinski definition) is 0. The molecule has 0 spiro atoms. The van der Waals surface area contributed by atoms with Crippen molar-refractivity contribution in [3.8, 4) is 16.9 Å². The predicted molar refractivity (Wildman–Crippen MR) is 207 cm³/mol. The van der Waals surface area contributed by atoms with Crippen molar-refractivity contribution in [3.05, 3.63) is 141 Å². The molecule has 2 aromatic carbocycles. The Morgan fingerprint density at radius 2 is 1.28 bits per heavy atom. The lowest BCUT2D eigenvalue weighted by Gasteiger charge is -2.06. The van der Waals surface area contributed by atoms with E-state index in [0.29, 0.717) is 0 Å². The molecule has 0 unspecified atom stereocenters. The van der Waals surface area contributed by atoms with E-state index in [1.54, 1.807) is 0 Å². The molecule has 8 rings (SSSR count). The maximum Gasteiger partial charge on any atom is 0.146 e. The second kappa shape index (κ2) is 14.0. The Balaban J connectivity index is 0.000000128. The summed E-state index contributed by atoms with van der Waals surface area (Å²) < 4.78 is 7.37. The van der Waals surface area contributed by atoms with Crippen LogP contribution in [0.15, 0.2) is 118 Å². The van der Waals surface area contributed by atoms with Gasteiger partial charge < -0.3 is 0 Å². The van der Waals surface area contributed by atoms with Crippen molar-refractivity contribution in [1.82, 2.24) is 24.5 Å². The van der Waals surface area contributed by atoms with Gasteiger partial charge in [0.05, 0.1) is 11.2 Å². The summed E-state index contributed by atoms with van der Waals surface area (Å²) in [4.78, 5) is 17.7. The first-order valence-electron chi connectivity index (χ1n) is 13.1. The maximum absolute atomic E-state index is 4.64. The quantitative estimate of drug-likeness (QED) is 0.121. The van der Waals surface area contributed by atoms with Gasteiger partial charge in [0.2, 0.25) is 0 Å². The van der Waals surface area contributed by atoms with Crippen LogP contribution < -0.4 is 0 Å². The largest absolute Gasteiger partial charge is 0.278 e. The minimum Gasteiger partial charge on any atom is -0.278 e. The van der Waals surface area contributed by atoms with Crippen molar-refractivity contribution in [2.24, 2.45) is 0 Å². The van der Waals surface area contributed by atoms with Crippen LogP contribution in [-0.4, -0.2) is 24.5 Å². The van der Waals surface area contributed by atoms with Crippen LogP contribution in [0.5, 0.6) is 0 Å². The van der Waals surface area contributed by atoms with Gasteiger partial charge in [-0.2, -0.15) is 0 Å². The fourth-order valence-electron chi connectivity index (χ4n) is 4.91. The highest BCUT2D eigenvalue weighted by Gasteiger charge is 2.18. The van der Waals surface area contributed by atoms with Crippen LogP contribution in [0.3, 0.4) is 0 Å². The molecule has 212 valence electrons. The minimum absolute atomic E-state index is 0.892. The number of halogens is 5. The minimum atomic E-state index is 0.892. The van der Waals surface area contributed by atoms with Crippen molar-refractivity contribution >= 4 is 122 Å². The van der Waals surface area contributed by atoms with Gasteiger partial charge in [0.15, 0.2) is 0 Å².